The van der Waals surface area contributed by atoms with Crippen LogP contribution in [0.3, 0.4) is 0 Å². The van der Waals surface area contributed by atoms with Gasteiger partial charge in [-0.05, 0) is 109 Å². The van der Waals surface area contributed by atoms with Gasteiger partial charge in [0.15, 0.2) is 0 Å². The number of quaternary nitrogens is 1. The van der Waals surface area contributed by atoms with Crippen LogP contribution in [0.25, 0.3) is 0 Å². The van der Waals surface area contributed by atoms with Crippen molar-refractivity contribution < 1.29 is 37.3 Å². The molecule has 10 heteroatoms. The van der Waals surface area contributed by atoms with E-state index in [0.717, 1.165) is 116 Å². The first-order valence-electron chi connectivity index (χ1n) is 27.7. The van der Waals surface area contributed by atoms with Crippen molar-refractivity contribution in [2.45, 2.75) is 219 Å². The number of phosphoric ester groups is 1. The molecule has 0 heterocycles. The Morgan fingerprint density at radius 1 is 0.514 bits per heavy atom. The number of rotatable bonds is 48. The zero-order valence-electron chi connectivity index (χ0n) is 45.5. The summed E-state index contributed by atoms with van der Waals surface area (Å²) in [5, 5.41) is 3.02. The van der Waals surface area contributed by atoms with Crippen LogP contribution >= 0.6 is 7.82 Å². The van der Waals surface area contributed by atoms with Crippen molar-refractivity contribution in [3.8, 4) is 0 Å². The molecule has 0 rings (SSSR count). The number of ether oxygens (including phenoxy) is 1. The van der Waals surface area contributed by atoms with Gasteiger partial charge in [0.2, 0.25) is 5.91 Å². The van der Waals surface area contributed by atoms with E-state index in [1.807, 2.05) is 33.3 Å². The van der Waals surface area contributed by atoms with Crippen LogP contribution in [0.1, 0.15) is 207 Å². The Hall–Kier alpha value is -3.33. The van der Waals surface area contributed by atoms with Gasteiger partial charge in [-0.1, -0.05) is 195 Å². The number of nitrogens with one attached hydrogen (secondary N) is 1. The molecule has 0 spiro atoms. The molecule has 2 N–H and O–H groups in total. The molecule has 0 aliphatic heterocycles. The fourth-order valence-electron chi connectivity index (χ4n) is 7.21. The number of unbranched alkanes of at least 4 members (excludes halogenated alkanes) is 16. The Balaban J connectivity index is 5.44. The van der Waals surface area contributed by atoms with Crippen LogP contribution in [0.15, 0.2) is 109 Å². The normalized spacial score (nSPS) is 14.7. The molecule has 70 heavy (non-hydrogen) atoms. The van der Waals surface area contributed by atoms with Gasteiger partial charge in [0.1, 0.15) is 19.3 Å². The fourth-order valence-corrected chi connectivity index (χ4v) is 7.95. The predicted molar refractivity (Wildman–Crippen MR) is 300 cm³/mol. The van der Waals surface area contributed by atoms with Crippen molar-refractivity contribution in [3.05, 3.63) is 109 Å². The standard InChI is InChI=1S/C60H103N2O7P/c1-7-10-13-16-19-22-25-27-29-30-31-32-33-35-38-41-44-47-50-53-60(64)69-58(51-48-45-42-39-36-24-21-18-15-12-9-3)57(56-68-70(65,66)67-55-54-62(4,5)6)61-59(63)52-49-46-43-40-37-34-28-26-23-20-17-14-11-8-2/h10-11,13-14,19-20,22-23,27-29,31-32,34-35,38,48,51,57-58H,7-9,12,15-18,21,24-26,30,33,36-37,39-47,49-50,52-56H2,1-6H3,(H-,61,63,65,66)/p+1/b13-10-,14-11+,22-19-,23-20+,29-27-,32-31-,34-28+,38-35-,51-48+. The molecule has 3 unspecified atom stereocenters. The maximum Gasteiger partial charge on any atom is 0.472 e. The number of esters is 1. The van der Waals surface area contributed by atoms with Crippen LogP contribution in [0.4, 0.5) is 0 Å². The fraction of sp³-hybridized carbons (Fsp3) is 0.667. The van der Waals surface area contributed by atoms with Crippen molar-refractivity contribution in [1.82, 2.24) is 5.32 Å². The predicted octanol–water partition coefficient (Wildman–Crippen LogP) is 16.6. The highest BCUT2D eigenvalue weighted by Crippen LogP contribution is 2.43. The molecule has 0 aromatic rings. The van der Waals surface area contributed by atoms with Gasteiger partial charge < -0.3 is 19.4 Å². The van der Waals surface area contributed by atoms with Gasteiger partial charge in [-0.2, -0.15) is 0 Å². The Kier molecular flexibility index (Phi) is 46.9. The van der Waals surface area contributed by atoms with Crippen LogP contribution in [0, 0.1) is 0 Å². The molecule has 9 nitrogen and oxygen atoms in total. The van der Waals surface area contributed by atoms with Crippen molar-refractivity contribution in [2.24, 2.45) is 0 Å². The van der Waals surface area contributed by atoms with E-state index >= 15 is 0 Å². The highest BCUT2D eigenvalue weighted by atomic mass is 31.2. The third-order valence-corrected chi connectivity index (χ3v) is 12.4. The molecule has 0 aromatic carbocycles. The summed E-state index contributed by atoms with van der Waals surface area (Å²) in [6.07, 6.45) is 66.6. The van der Waals surface area contributed by atoms with Gasteiger partial charge in [0.25, 0.3) is 0 Å². The summed E-state index contributed by atoms with van der Waals surface area (Å²) in [7, 11) is 1.44. The van der Waals surface area contributed by atoms with E-state index in [-0.39, 0.29) is 31.5 Å². The third kappa shape index (κ3) is 49.6. The molecule has 1 amide bonds. The number of amides is 1. The number of carbonyl (C=O) groups excluding carboxylic acids is 2. The summed E-state index contributed by atoms with van der Waals surface area (Å²) < 4.78 is 30.5. The van der Waals surface area contributed by atoms with Crippen molar-refractivity contribution in [3.63, 3.8) is 0 Å². The maximum absolute atomic E-state index is 13.5. The molecular formula is C60H104N2O7P+. The molecule has 0 aliphatic carbocycles. The lowest BCUT2D eigenvalue weighted by Crippen LogP contribution is -2.47. The maximum atomic E-state index is 13.5. The average Bonchev–Trinajstić information content (AvgIpc) is 3.32. The molecule has 0 aromatic heterocycles. The van der Waals surface area contributed by atoms with E-state index in [4.69, 9.17) is 13.8 Å². The number of nitrogens with zero attached hydrogens (tertiary/aromatic N) is 1. The summed E-state index contributed by atoms with van der Waals surface area (Å²) in [5.41, 5.74) is 0. The second-order valence-corrected chi connectivity index (χ2v) is 20.8. The molecule has 0 bridgehead atoms. The van der Waals surface area contributed by atoms with E-state index in [1.54, 1.807) is 0 Å². The minimum atomic E-state index is -4.46. The van der Waals surface area contributed by atoms with E-state index in [2.05, 4.69) is 123 Å². The van der Waals surface area contributed by atoms with Gasteiger partial charge in [0, 0.05) is 12.8 Å². The Bertz CT molecular complexity index is 1570. The second-order valence-electron chi connectivity index (χ2n) is 19.3. The molecule has 0 saturated carbocycles. The highest BCUT2D eigenvalue weighted by Gasteiger charge is 2.30. The minimum Gasteiger partial charge on any atom is -0.456 e. The number of likely N-dealkylation sites (N-methyl/N-ethyl adjacent to an activating group) is 1. The molecule has 0 radical (unpaired) electrons. The Morgan fingerprint density at radius 3 is 1.39 bits per heavy atom. The first kappa shape index (κ1) is 66.7. The summed E-state index contributed by atoms with van der Waals surface area (Å²) in [6, 6.07) is -0.879. The van der Waals surface area contributed by atoms with Crippen LogP contribution in [-0.2, 0) is 27.9 Å². The van der Waals surface area contributed by atoms with E-state index < -0.39 is 20.0 Å². The van der Waals surface area contributed by atoms with Gasteiger partial charge in [-0.3, -0.25) is 18.6 Å². The van der Waals surface area contributed by atoms with Crippen LogP contribution in [0.5, 0.6) is 0 Å². The van der Waals surface area contributed by atoms with Crippen LogP contribution < -0.4 is 5.32 Å². The average molecular weight is 996 g/mol. The minimum absolute atomic E-state index is 0.0240. The SMILES string of the molecule is CC/C=C\C/C=C\C/C=C\C/C=C\C/C=C\CCCCCC(=O)OC(/C=C/CCCCCCCCCCC)C(COP(=O)(O)OCC[N+](C)(C)C)NC(=O)CCCCCC/C=C/C/C=C/C/C=C/CC. The number of allylic oxidation sites excluding steroid dienone is 17. The Labute approximate surface area is 430 Å². The zero-order chi connectivity index (χ0) is 51.5. The van der Waals surface area contributed by atoms with Gasteiger partial charge >= 0.3 is 13.8 Å². The van der Waals surface area contributed by atoms with Crippen LogP contribution in [0.2, 0.25) is 0 Å². The lowest BCUT2D eigenvalue weighted by molar-refractivity contribution is -0.870. The summed E-state index contributed by atoms with van der Waals surface area (Å²) in [6.45, 7) is 6.71. The summed E-state index contributed by atoms with van der Waals surface area (Å²) in [5.74, 6) is -0.580. The quantitative estimate of drug-likeness (QED) is 0.0205. The first-order chi connectivity index (χ1) is 33.9. The molecule has 400 valence electrons. The first-order valence-corrected chi connectivity index (χ1v) is 29.2. The van der Waals surface area contributed by atoms with Gasteiger partial charge in [-0.25, -0.2) is 4.57 Å². The lowest BCUT2D eigenvalue weighted by atomic mass is 10.1. The monoisotopic (exact) mass is 996 g/mol. The Morgan fingerprint density at radius 2 is 0.914 bits per heavy atom. The van der Waals surface area contributed by atoms with E-state index in [0.29, 0.717) is 30.3 Å². The molecule has 3 atom stereocenters. The largest absolute Gasteiger partial charge is 0.472 e. The number of phosphoric acid groups is 1. The topological polar surface area (TPSA) is 111 Å². The number of hydrogen-bond acceptors (Lipinski definition) is 6. The summed E-state index contributed by atoms with van der Waals surface area (Å²) in [4.78, 5) is 37.5. The third-order valence-electron chi connectivity index (χ3n) is 11.5. The molecule has 0 aliphatic rings. The van der Waals surface area contributed by atoms with Gasteiger partial charge in [0.05, 0.1) is 33.8 Å². The molecule has 0 saturated heterocycles. The van der Waals surface area contributed by atoms with Crippen molar-refractivity contribution >= 4 is 19.7 Å². The number of carbonyl (C=O) groups is 2. The van der Waals surface area contributed by atoms with Gasteiger partial charge in [-0.15, -0.1) is 0 Å². The van der Waals surface area contributed by atoms with Crippen molar-refractivity contribution in [1.29, 1.82) is 0 Å². The highest BCUT2D eigenvalue weighted by molar-refractivity contribution is 7.47. The number of hydrogen-bond donors (Lipinski definition) is 2. The van der Waals surface area contributed by atoms with Crippen molar-refractivity contribution in [2.75, 3.05) is 40.9 Å². The zero-order valence-corrected chi connectivity index (χ0v) is 46.4. The summed E-state index contributed by atoms with van der Waals surface area (Å²) >= 11 is 0. The van der Waals surface area contributed by atoms with Crippen LogP contribution in [-0.4, -0.2) is 74.3 Å². The van der Waals surface area contributed by atoms with E-state index in [9.17, 15) is 19.0 Å². The smallest absolute Gasteiger partial charge is 0.456 e. The molecular weight excluding hydrogens is 892 g/mol. The second kappa shape index (κ2) is 49.3. The molecule has 0 fully saturated rings. The lowest BCUT2D eigenvalue weighted by Gasteiger charge is -2.27. The van der Waals surface area contributed by atoms with E-state index in [1.165, 1.54) is 44.9 Å².